The number of benzene rings is 2. The van der Waals surface area contributed by atoms with Crippen molar-refractivity contribution in [3.63, 3.8) is 0 Å². The molecule has 0 bridgehead atoms. The van der Waals surface area contributed by atoms with Gasteiger partial charge in [0.05, 0.1) is 6.61 Å². The van der Waals surface area contributed by atoms with Crippen molar-refractivity contribution in [3.8, 4) is 11.1 Å². The molecular formula is C16H16O2. The molecule has 0 aliphatic carbocycles. The minimum atomic E-state index is 0.681. The van der Waals surface area contributed by atoms with Crippen LogP contribution in [-0.4, -0.2) is 20.0 Å². The lowest BCUT2D eigenvalue weighted by Gasteiger charge is -2.11. The van der Waals surface area contributed by atoms with Gasteiger partial charge in [-0.1, -0.05) is 48.5 Å². The Bertz CT molecular complexity index is 532. The van der Waals surface area contributed by atoms with Gasteiger partial charge in [0.15, 0.2) is 6.29 Å². The molecule has 0 saturated carbocycles. The van der Waals surface area contributed by atoms with Gasteiger partial charge in [0, 0.05) is 12.7 Å². The molecule has 2 aromatic rings. The number of hydrogen-bond acceptors (Lipinski definition) is 2. The van der Waals surface area contributed by atoms with Gasteiger partial charge in [-0.25, -0.2) is 0 Å². The predicted molar refractivity (Wildman–Crippen MR) is 72.8 cm³/mol. The van der Waals surface area contributed by atoms with Crippen molar-refractivity contribution in [3.05, 3.63) is 59.7 Å². The van der Waals surface area contributed by atoms with Gasteiger partial charge in [-0.05, 0) is 23.1 Å². The molecule has 0 unspecified atom stereocenters. The Hall–Kier alpha value is -1.93. The fraction of sp³-hybridized carbons (Fsp3) is 0.188. The van der Waals surface area contributed by atoms with Crippen LogP contribution in [-0.2, 0) is 11.2 Å². The summed E-state index contributed by atoms with van der Waals surface area (Å²) in [4.78, 5) is 11.1. The summed E-state index contributed by atoms with van der Waals surface area (Å²) in [5.74, 6) is 0. The second-order valence-corrected chi connectivity index (χ2v) is 4.11. The standard InChI is InChI=1S/C16H16O2/c1-18-11-10-13-6-2-4-8-15(13)16-9-5-3-7-14(16)12-17/h2-9,12H,10-11H2,1H3. The van der Waals surface area contributed by atoms with Gasteiger partial charge >= 0.3 is 0 Å². The average Bonchev–Trinajstić information content (AvgIpc) is 2.45. The molecule has 2 heteroatoms. The lowest BCUT2D eigenvalue weighted by molar-refractivity contribution is 0.112. The summed E-state index contributed by atoms with van der Waals surface area (Å²) in [6.07, 6.45) is 1.75. The third-order valence-corrected chi connectivity index (χ3v) is 2.97. The molecule has 0 fully saturated rings. The van der Waals surface area contributed by atoms with Crippen LogP contribution in [0.15, 0.2) is 48.5 Å². The maximum absolute atomic E-state index is 11.1. The van der Waals surface area contributed by atoms with Crippen LogP contribution in [0.5, 0.6) is 0 Å². The van der Waals surface area contributed by atoms with Crippen molar-refractivity contribution < 1.29 is 9.53 Å². The normalized spacial score (nSPS) is 10.3. The molecule has 0 heterocycles. The molecule has 0 radical (unpaired) electrons. The first-order valence-electron chi connectivity index (χ1n) is 5.98. The van der Waals surface area contributed by atoms with E-state index in [1.54, 1.807) is 7.11 Å². The Balaban J connectivity index is 2.46. The van der Waals surface area contributed by atoms with Crippen molar-refractivity contribution in [2.45, 2.75) is 6.42 Å². The Morgan fingerprint density at radius 3 is 2.39 bits per heavy atom. The van der Waals surface area contributed by atoms with Crippen LogP contribution in [0.4, 0.5) is 0 Å². The summed E-state index contributed by atoms with van der Waals surface area (Å²) in [7, 11) is 1.70. The van der Waals surface area contributed by atoms with Crippen LogP contribution in [0, 0.1) is 0 Å². The van der Waals surface area contributed by atoms with Crippen molar-refractivity contribution >= 4 is 6.29 Å². The molecule has 0 spiro atoms. The molecule has 0 N–H and O–H groups in total. The third kappa shape index (κ3) is 2.66. The van der Waals surface area contributed by atoms with Gasteiger partial charge in [-0.3, -0.25) is 4.79 Å². The second-order valence-electron chi connectivity index (χ2n) is 4.11. The highest BCUT2D eigenvalue weighted by atomic mass is 16.5. The van der Waals surface area contributed by atoms with E-state index in [2.05, 4.69) is 6.07 Å². The van der Waals surface area contributed by atoms with E-state index >= 15 is 0 Å². The highest BCUT2D eigenvalue weighted by molar-refractivity contribution is 5.88. The highest BCUT2D eigenvalue weighted by Crippen LogP contribution is 2.26. The number of ether oxygens (including phenoxy) is 1. The minimum absolute atomic E-state index is 0.681. The number of aldehydes is 1. The first kappa shape index (κ1) is 12.5. The second kappa shape index (κ2) is 6.12. The molecular weight excluding hydrogens is 224 g/mol. The number of methoxy groups -OCH3 is 1. The van der Waals surface area contributed by atoms with E-state index in [0.717, 1.165) is 29.4 Å². The monoisotopic (exact) mass is 240 g/mol. The van der Waals surface area contributed by atoms with Gasteiger partial charge < -0.3 is 4.74 Å². The molecule has 18 heavy (non-hydrogen) atoms. The topological polar surface area (TPSA) is 26.3 Å². The predicted octanol–water partition coefficient (Wildman–Crippen LogP) is 3.36. The van der Waals surface area contributed by atoms with E-state index < -0.39 is 0 Å². The van der Waals surface area contributed by atoms with Gasteiger partial charge in [-0.2, -0.15) is 0 Å². The summed E-state index contributed by atoms with van der Waals surface area (Å²) in [5.41, 5.74) is 4.02. The maximum atomic E-state index is 11.1. The summed E-state index contributed by atoms with van der Waals surface area (Å²) in [5, 5.41) is 0. The molecule has 0 aromatic heterocycles. The van der Waals surface area contributed by atoms with Crippen LogP contribution in [0.25, 0.3) is 11.1 Å². The van der Waals surface area contributed by atoms with Gasteiger partial charge in [0.25, 0.3) is 0 Å². The van der Waals surface area contributed by atoms with E-state index in [1.807, 2.05) is 42.5 Å². The first-order chi connectivity index (χ1) is 8.86. The SMILES string of the molecule is COCCc1ccccc1-c1ccccc1C=O. The van der Waals surface area contributed by atoms with Crippen LogP contribution in [0.1, 0.15) is 15.9 Å². The lowest BCUT2D eigenvalue weighted by Crippen LogP contribution is -1.98. The smallest absolute Gasteiger partial charge is 0.150 e. The van der Waals surface area contributed by atoms with E-state index in [9.17, 15) is 4.79 Å². The van der Waals surface area contributed by atoms with Crippen LogP contribution in [0.3, 0.4) is 0 Å². The van der Waals surface area contributed by atoms with Gasteiger partial charge in [-0.15, -0.1) is 0 Å². The van der Waals surface area contributed by atoms with Crippen molar-refractivity contribution in [2.24, 2.45) is 0 Å². The maximum Gasteiger partial charge on any atom is 0.150 e. The number of carbonyl (C=O) groups is 1. The Morgan fingerprint density at radius 1 is 1.00 bits per heavy atom. The largest absolute Gasteiger partial charge is 0.384 e. The van der Waals surface area contributed by atoms with E-state index in [-0.39, 0.29) is 0 Å². The highest BCUT2D eigenvalue weighted by Gasteiger charge is 2.07. The van der Waals surface area contributed by atoms with Gasteiger partial charge in [0.1, 0.15) is 0 Å². The molecule has 2 aromatic carbocycles. The number of carbonyl (C=O) groups excluding carboxylic acids is 1. The van der Waals surface area contributed by atoms with Crippen molar-refractivity contribution in [1.82, 2.24) is 0 Å². The molecule has 2 nitrogen and oxygen atoms in total. The fourth-order valence-electron chi connectivity index (χ4n) is 2.06. The Labute approximate surface area is 107 Å². The van der Waals surface area contributed by atoms with Crippen LogP contribution >= 0.6 is 0 Å². The summed E-state index contributed by atoms with van der Waals surface area (Å²) in [6.45, 7) is 0.681. The Kier molecular flexibility index (Phi) is 4.26. The molecule has 0 aliphatic heterocycles. The minimum Gasteiger partial charge on any atom is -0.384 e. The zero-order valence-electron chi connectivity index (χ0n) is 10.4. The molecule has 0 aliphatic rings. The number of hydrogen-bond donors (Lipinski definition) is 0. The summed E-state index contributed by atoms with van der Waals surface area (Å²) in [6, 6.07) is 15.8. The first-order valence-corrected chi connectivity index (χ1v) is 5.98. The summed E-state index contributed by atoms with van der Waals surface area (Å²) >= 11 is 0. The Morgan fingerprint density at radius 2 is 1.67 bits per heavy atom. The van der Waals surface area contributed by atoms with E-state index in [0.29, 0.717) is 6.61 Å². The molecule has 2 rings (SSSR count). The van der Waals surface area contributed by atoms with E-state index in [1.165, 1.54) is 5.56 Å². The lowest BCUT2D eigenvalue weighted by atomic mass is 9.94. The fourth-order valence-corrected chi connectivity index (χ4v) is 2.06. The zero-order valence-corrected chi connectivity index (χ0v) is 10.4. The number of rotatable bonds is 5. The quantitative estimate of drug-likeness (QED) is 0.749. The molecule has 0 atom stereocenters. The molecule has 92 valence electrons. The van der Waals surface area contributed by atoms with Gasteiger partial charge in [0.2, 0.25) is 0 Å². The average molecular weight is 240 g/mol. The van der Waals surface area contributed by atoms with Crippen LogP contribution < -0.4 is 0 Å². The summed E-state index contributed by atoms with van der Waals surface area (Å²) < 4.78 is 5.12. The van der Waals surface area contributed by atoms with Crippen molar-refractivity contribution in [2.75, 3.05) is 13.7 Å². The molecule has 0 amide bonds. The van der Waals surface area contributed by atoms with Crippen LogP contribution in [0.2, 0.25) is 0 Å². The zero-order chi connectivity index (χ0) is 12.8. The molecule has 0 saturated heterocycles. The third-order valence-electron chi connectivity index (χ3n) is 2.97. The van der Waals surface area contributed by atoms with Crippen molar-refractivity contribution in [1.29, 1.82) is 0 Å². The van der Waals surface area contributed by atoms with E-state index in [4.69, 9.17) is 4.74 Å².